The van der Waals surface area contributed by atoms with E-state index in [1.54, 1.807) is 0 Å². The summed E-state index contributed by atoms with van der Waals surface area (Å²) in [4.78, 5) is 10.2. The van der Waals surface area contributed by atoms with Crippen molar-refractivity contribution in [2.75, 3.05) is 0 Å². The van der Waals surface area contributed by atoms with Crippen LogP contribution in [0, 0.1) is 0 Å². The fourth-order valence-corrected chi connectivity index (χ4v) is 6.12. The number of rotatable bonds is 4. The van der Waals surface area contributed by atoms with Gasteiger partial charge < -0.3 is 0 Å². The molecule has 0 bridgehead atoms. The van der Waals surface area contributed by atoms with Crippen molar-refractivity contribution in [1.82, 2.24) is 14.4 Å². The van der Waals surface area contributed by atoms with Crippen LogP contribution in [-0.2, 0) is 0 Å². The molecule has 3 heteroatoms. The van der Waals surface area contributed by atoms with E-state index in [0.717, 1.165) is 72.0 Å². The lowest BCUT2D eigenvalue weighted by Crippen LogP contribution is -1.97. The molecular weight excluding hydrogens is 498 g/mol. The quantitative estimate of drug-likeness (QED) is 0.215. The van der Waals surface area contributed by atoms with E-state index in [0.29, 0.717) is 0 Å². The molecule has 5 aromatic carbocycles. The van der Waals surface area contributed by atoms with Gasteiger partial charge in [-0.05, 0) is 46.2 Å². The van der Waals surface area contributed by atoms with Gasteiger partial charge in [-0.1, -0.05) is 116 Å². The number of aromatic nitrogens is 3. The number of nitrogens with zero attached hydrogens (tertiary/aromatic N) is 3. The van der Waals surface area contributed by atoms with Crippen LogP contribution in [0.5, 0.6) is 0 Å². The number of hydrogen-bond donors (Lipinski definition) is 0. The Morgan fingerprint density at radius 1 is 0.561 bits per heavy atom. The number of pyridine rings is 2. The van der Waals surface area contributed by atoms with Gasteiger partial charge in [0.25, 0.3) is 0 Å². The molecule has 0 aliphatic heterocycles. The molecule has 41 heavy (non-hydrogen) atoms. The fourth-order valence-electron chi connectivity index (χ4n) is 6.12. The molecule has 0 spiro atoms. The topological polar surface area (TPSA) is 30.2 Å². The first kappa shape index (κ1) is 23.4. The van der Waals surface area contributed by atoms with E-state index in [1.807, 2.05) is 12.2 Å². The minimum absolute atomic E-state index is 0.929. The predicted octanol–water partition coefficient (Wildman–Crippen LogP) is 9.96. The van der Waals surface area contributed by atoms with Crippen molar-refractivity contribution in [1.29, 1.82) is 0 Å². The molecular formula is C38H25N3. The molecule has 0 atom stereocenters. The average molecular weight is 524 g/mol. The predicted molar refractivity (Wildman–Crippen MR) is 174 cm³/mol. The van der Waals surface area contributed by atoms with E-state index in [-0.39, 0.29) is 0 Å². The van der Waals surface area contributed by atoms with E-state index in [1.165, 1.54) is 10.8 Å². The highest BCUT2D eigenvalue weighted by Gasteiger charge is 2.16. The van der Waals surface area contributed by atoms with Crippen LogP contribution in [0.15, 0.2) is 128 Å². The Hall–Kier alpha value is -5.54. The van der Waals surface area contributed by atoms with Crippen LogP contribution in [0.4, 0.5) is 0 Å². The van der Waals surface area contributed by atoms with Gasteiger partial charge >= 0.3 is 0 Å². The number of imidazole rings is 1. The average Bonchev–Trinajstić information content (AvgIpc) is 3.43. The molecule has 0 fully saturated rings. The zero-order valence-corrected chi connectivity index (χ0v) is 22.4. The van der Waals surface area contributed by atoms with Gasteiger partial charge in [-0.15, -0.1) is 0 Å². The van der Waals surface area contributed by atoms with Crippen LogP contribution in [0.1, 0.15) is 11.3 Å². The van der Waals surface area contributed by atoms with Gasteiger partial charge in [-0.2, -0.15) is 0 Å². The summed E-state index contributed by atoms with van der Waals surface area (Å²) in [7, 11) is 0. The first-order valence-corrected chi connectivity index (χ1v) is 13.7. The van der Waals surface area contributed by atoms with Crippen molar-refractivity contribution in [3.05, 3.63) is 140 Å². The minimum atomic E-state index is 0.929. The molecule has 0 aliphatic rings. The Labute approximate surface area is 237 Å². The standard InChI is InChI=1S/C38H25N3/c1-3-29-31-11-7-8-12-32(31)38-40-34-23-28(20-22-36(34)41(38)35(29)4-2)24-13-16-26(17-14-24)33-21-19-27-18-15-25-9-5-6-10-30(25)37(27)39-33/h3-23H,1-2H2. The summed E-state index contributed by atoms with van der Waals surface area (Å²) in [6.07, 6.45) is 3.81. The molecule has 0 N–H and O–H groups in total. The third-order valence-corrected chi connectivity index (χ3v) is 8.13. The fraction of sp³-hybridized carbons (Fsp3) is 0. The first-order chi connectivity index (χ1) is 20.2. The minimum Gasteiger partial charge on any atom is -0.292 e. The second-order valence-electron chi connectivity index (χ2n) is 10.4. The summed E-state index contributed by atoms with van der Waals surface area (Å²) in [6, 6.07) is 40.5. The lowest BCUT2D eigenvalue weighted by Gasteiger charge is -2.11. The van der Waals surface area contributed by atoms with Crippen LogP contribution in [0.25, 0.3) is 83.7 Å². The van der Waals surface area contributed by atoms with Gasteiger partial charge in [0.2, 0.25) is 0 Å². The first-order valence-electron chi connectivity index (χ1n) is 13.7. The maximum atomic E-state index is 5.10. The monoisotopic (exact) mass is 523 g/mol. The lowest BCUT2D eigenvalue weighted by atomic mass is 10.0. The second kappa shape index (κ2) is 9.00. The highest BCUT2D eigenvalue weighted by molar-refractivity contribution is 6.06. The number of fused-ring (bicyclic) bond motifs is 8. The Morgan fingerprint density at radius 3 is 2.05 bits per heavy atom. The van der Waals surface area contributed by atoms with E-state index < -0.39 is 0 Å². The molecule has 8 aromatic rings. The van der Waals surface area contributed by atoms with E-state index in [9.17, 15) is 0 Å². The van der Waals surface area contributed by atoms with Gasteiger partial charge in [0, 0.05) is 27.3 Å². The van der Waals surface area contributed by atoms with E-state index in [4.69, 9.17) is 9.97 Å². The van der Waals surface area contributed by atoms with Crippen molar-refractivity contribution in [2.24, 2.45) is 0 Å². The Balaban J connectivity index is 1.23. The summed E-state index contributed by atoms with van der Waals surface area (Å²) in [5, 5.41) is 5.77. The molecule has 0 amide bonds. The summed E-state index contributed by atoms with van der Waals surface area (Å²) >= 11 is 0. The van der Waals surface area contributed by atoms with Crippen molar-refractivity contribution >= 4 is 61.3 Å². The van der Waals surface area contributed by atoms with Crippen molar-refractivity contribution in [3.8, 4) is 22.4 Å². The lowest BCUT2D eigenvalue weighted by molar-refractivity contribution is 1.21. The molecule has 3 aromatic heterocycles. The van der Waals surface area contributed by atoms with Gasteiger partial charge in [-0.3, -0.25) is 4.40 Å². The molecule has 0 unspecified atom stereocenters. The van der Waals surface area contributed by atoms with Gasteiger partial charge in [0.1, 0.15) is 5.65 Å². The van der Waals surface area contributed by atoms with Crippen LogP contribution >= 0.6 is 0 Å². The highest BCUT2D eigenvalue weighted by Crippen LogP contribution is 2.34. The molecule has 0 saturated heterocycles. The molecule has 0 radical (unpaired) electrons. The van der Waals surface area contributed by atoms with Crippen molar-refractivity contribution in [3.63, 3.8) is 0 Å². The SMILES string of the molecule is C=Cc1c(C=C)n2c3ccc(-c4ccc(-c5ccc6ccc7ccccc7c6n5)cc4)cc3nc2c2ccccc12. The van der Waals surface area contributed by atoms with Gasteiger partial charge in [0.15, 0.2) is 0 Å². The normalized spacial score (nSPS) is 11.6. The number of hydrogen-bond acceptors (Lipinski definition) is 2. The van der Waals surface area contributed by atoms with E-state index in [2.05, 4.69) is 133 Å². The molecule has 192 valence electrons. The summed E-state index contributed by atoms with van der Waals surface area (Å²) in [6.45, 7) is 8.20. The molecule has 3 nitrogen and oxygen atoms in total. The zero-order chi connectivity index (χ0) is 27.5. The maximum Gasteiger partial charge on any atom is 0.146 e. The third-order valence-electron chi connectivity index (χ3n) is 8.13. The Morgan fingerprint density at radius 2 is 1.24 bits per heavy atom. The number of benzene rings is 5. The Kier molecular flexibility index (Phi) is 5.13. The molecule has 0 saturated carbocycles. The Bertz CT molecular complexity index is 2340. The molecule has 8 rings (SSSR count). The highest BCUT2D eigenvalue weighted by atomic mass is 15.0. The summed E-state index contributed by atoms with van der Waals surface area (Å²) < 4.78 is 2.20. The molecule has 0 aliphatic carbocycles. The van der Waals surface area contributed by atoms with E-state index >= 15 is 0 Å². The van der Waals surface area contributed by atoms with Crippen molar-refractivity contribution in [2.45, 2.75) is 0 Å². The largest absolute Gasteiger partial charge is 0.292 e. The summed E-state index contributed by atoms with van der Waals surface area (Å²) in [5.74, 6) is 0. The summed E-state index contributed by atoms with van der Waals surface area (Å²) in [5.41, 5.74) is 10.4. The van der Waals surface area contributed by atoms with Crippen LogP contribution in [-0.4, -0.2) is 14.4 Å². The molecule has 3 heterocycles. The maximum absolute atomic E-state index is 5.10. The second-order valence-corrected chi connectivity index (χ2v) is 10.4. The third kappa shape index (κ3) is 3.53. The van der Waals surface area contributed by atoms with Crippen LogP contribution < -0.4 is 0 Å². The smallest absolute Gasteiger partial charge is 0.146 e. The van der Waals surface area contributed by atoms with Crippen molar-refractivity contribution < 1.29 is 0 Å². The van der Waals surface area contributed by atoms with Gasteiger partial charge in [-0.25, -0.2) is 9.97 Å². The zero-order valence-electron chi connectivity index (χ0n) is 22.4. The van der Waals surface area contributed by atoms with Gasteiger partial charge in [0.05, 0.1) is 27.9 Å². The van der Waals surface area contributed by atoms with Crippen LogP contribution in [0.2, 0.25) is 0 Å². The van der Waals surface area contributed by atoms with Crippen LogP contribution in [0.3, 0.4) is 0 Å².